The number of hydrogen-bond donors (Lipinski definition) is 2. The van der Waals surface area contributed by atoms with Crippen molar-refractivity contribution in [3.63, 3.8) is 0 Å². The van der Waals surface area contributed by atoms with Crippen LogP contribution in [0, 0.1) is 17.5 Å². The summed E-state index contributed by atoms with van der Waals surface area (Å²) in [5.74, 6) is -2.56. The molecule has 3 rings (SSSR count). The van der Waals surface area contributed by atoms with Gasteiger partial charge in [0.1, 0.15) is 17.5 Å². The second kappa shape index (κ2) is 8.58. The summed E-state index contributed by atoms with van der Waals surface area (Å²) in [5.41, 5.74) is 0.552. The zero-order valence-electron chi connectivity index (χ0n) is 15.7. The van der Waals surface area contributed by atoms with Crippen molar-refractivity contribution in [1.29, 1.82) is 0 Å². The van der Waals surface area contributed by atoms with Crippen molar-refractivity contribution in [3.8, 4) is 0 Å². The molecule has 5 nitrogen and oxygen atoms in total. The quantitative estimate of drug-likeness (QED) is 0.604. The van der Waals surface area contributed by atoms with Crippen LogP contribution in [0.5, 0.6) is 0 Å². The normalized spacial score (nSPS) is 12.3. The van der Waals surface area contributed by atoms with Gasteiger partial charge in [-0.15, -0.1) is 0 Å². The average molecular weight is 434 g/mol. The van der Waals surface area contributed by atoms with Gasteiger partial charge in [0.2, 0.25) is 0 Å². The maximum Gasteiger partial charge on any atom is 0.261 e. The molecule has 1 atom stereocenters. The van der Waals surface area contributed by atoms with Gasteiger partial charge in [-0.25, -0.2) is 21.6 Å². The number of benzene rings is 3. The molecule has 156 valence electrons. The Balaban J connectivity index is 1.69. The predicted molar refractivity (Wildman–Crippen MR) is 106 cm³/mol. The highest BCUT2D eigenvalue weighted by molar-refractivity contribution is 7.92. The number of rotatable bonds is 6. The van der Waals surface area contributed by atoms with Gasteiger partial charge < -0.3 is 5.32 Å². The molecule has 0 radical (unpaired) electrons. The number of sulfonamides is 1. The fourth-order valence-corrected chi connectivity index (χ4v) is 3.79. The van der Waals surface area contributed by atoms with Crippen molar-refractivity contribution in [2.24, 2.45) is 0 Å². The van der Waals surface area contributed by atoms with Crippen molar-refractivity contribution in [3.05, 3.63) is 95.3 Å². The Bertz CT molecular complexity index is 1170. The van der Waals surface area contributed by atoms with Crippen molar-refractivity contribution in [1.82, 2.24) is 5.32 Å². The zero-order valence-corrected chi connectivity index (χ0v) is 16.5. The number of anilines is 1. The molecule has 1 unspecified atom stereocenters. The first-order valence-corrected chi connectivity index (χ1v) is 10.3. The van der Waals surface area contributed by atoms with Gasteiger partial charge in [0.15, 0.2) is 0 Å². The number of carbonyl (C=O) groups is 1. The van der Waals surface area contributed by atoms with Gasteiger partial charge in [0, 0.05) is 22.9 Å². The summed E-state index contributed by atoms with van der Waals surface area (Å²) in [6.07, 6.45) is 0. The van der Waals surface area contributed by atoms with Gasteiger partial charge >= 0.3 is 0 Å². The van der Waals surface area contributed by atoms with E-state index in [9.17, 15) is 26.4 Å². The highest BCUT2D eigenvalue weighted by atomic mass is 32.2. The van der Waals surface area contributed by atoms with Crippen LogP contribution in [0.25, 0.3) is 0 Å². The minimum atomic E-state index is -3.92. The van der Waals surface area contributed by atoms with Crippen LogP contribution in [-0.2, 0) is 10.0 Å². The first kappa shape index (κ1) is 21.4. The summed E-state index contributed by atoms with van der Waals surface area (Å²) in [6, 6.07) is 12.3. The summed E-state index contributed by atoms with van der Waals surface area (Å²) in [4.78, 5) is 12.3. The maximum atomic E-state index is 13.8. The van der Waals surface area contributed by atoms with Gasteiger partial charge in [-0.1, -0.05) is 6.07 Å². The van der Waals surface area contributed by atoms with Crippen molar-refractivity contribution in [2.75, 3.05) is 4.72 Å². The van der Waals surface area contributed by atoms with Crippen molar-refractivity contribution in [2.45, 2.75) is 17.9 Å². The maximum absolute atomic E-state index is 13.8. The van der Waals surface area contributed by atoms with E-state index < -0.39 is 39.4 Å². The lowest BCUT2D eigenvalue weighted by atomic mass is 10.1. The Labute approximate surface area is 171 Å². The van der Waals surface area contributed by atoms with Crippen LogP contribution in [0.4, 0.5) is 18.9 Å². The largest absolute Gasteiger partial charge is 0.345 e. The van der Waals surface area contributed by atoms with E-state index in [1.165, 1.54) is 30.3 Å². The fourth-order valence-electron chi connectivity index (χ4n) is 2.73. The topological polar surface area (TPSA) is 75.3 Å². The molecule has 3 aromatic rings. The highest BCUT2D eigenvalue weighted by Crippen LogP contribution is 2.20. The molecule has 0 aliphatic rings. The molecule has 30 heavy (non-hydrogen) atoms. The summed E-state index contributed by atoms with van der Waals surface area (Å²) in [5, 5.41) is 2.60. The highest BCUT2D eigenvalue weighted by Gasteiger charge is 2.17. The Morgan fingerprint density at radius 3 is 2.07 bits per heavy atom. The summed E-state index contributed by atoms with van der Waals surface area (Å²) in [7, 11) is -3.92. The molecular weight excluding hydrogens is 417 g/mol. The average Bonchev–Trinajstić information content (AvgIpc) is 2.68. The Kier molecular flexibility index (Phi) is 6.12. The molecule has 2 N–H and O–H groups in total. The molecule has 0 aliphatic heterocycles. The van der Waals surface area contributed by atoms with Gasteiger partial charge in [-0.3, -0.25) is 9.52 Å². The molecule has 0 heterocycles. The lowest BCUT2D eigenvalue weighted by molar-refractivity contribution is 0.0939. The zero-order chi connectivity index (χ0) is 21.9. The number of amides is 1. The molecule has 3 aromatic carbocycles. The minimum absolute atomic E-state index is 0.110. The first-order chi connectivity index (χ1) is 14.2. The predicted octanol–water partition coefficient (Wildman–Crippen LogP) is 4.40. The second-order valence-electron chi connectivity index (χ2n) is 6.50. The molecular formula is C21H17F3N2O3S. The first-order valence-electron chi connectivity index (χ1n) is 8.80. The van der Waals surface area contributed by atoms with Crippen molar-refractivity contribution < 1.29 is 26.4 Å². The molecule has 0 aromatic heterocycles. The molecule has 0 bridgehead atoms. The lowest BCUT2D eigenvalue weighted by Gasteiger charge is -2.15. The van der Waals surface area contributed by atoms with E-state index in [0.717, 1.165) is 36.4 Å². The molecule has 1 amide bonds. The third-order valence-corrected chi connectivity index (χ3v) is 5.70. The Morgan fingerprint density at radius 1 is 0.867 bits per heavy atom. The summed E-state index contributed by atoms with van der Waals surface area (Å²) in [6.45, 7) is 1.55. The van der Waals surface area contributed by atoms with E-state index in [0.29, 0.717) is 0 Å². The standard InChI is InChI=1S/C21H17F3N2O3S/c1-13(19-11-6-16(23)12-20(19)24)25-21(27)14-2-7-17(8-3-14)26-30(28,29)18-9-4-15(22)5-10-18/h2-13,26H,1H3,(H,25,27). The van der Waals surface area contributed by atoms with Crippen LogP contribution in [-0.4, -0.2) is 14.3 Å². The Hall–Kier alpha value is -3.33. The minimum Gasteiger partial charge on any atom is -0.345 e. The lowest BCUT2D eigenvalue weighted by Crippen LogP contribution is -2.27. The molecule has 0 saturated heterocycles. The van der Waals surface area contributed by atoms with E-state index in [4.69, 9.17) is 0 Å². The molecule has 9 heteroatoms. The van der Waals surface area contributed by atoms with Crippen LogP contribution in [0.3, 0.4) is 0 Å². The van der Waals surface area contributed by atoms with E-state index in [2.05, 4.69) is 10.0 Å². The number of nitrogens with one attached hydrogen (secondary N) is 2. The molecule has 0 fully saturated rings. The molecule has 0 saturated carbocycles. The van der Waals surface area contributed by atoms with E-state index in [1.807, 2.05) is 0 Å². The van der Waals surface area contributed by atoms with Crippen molar-refractivity contribution >= 4 is 21.6 Å². The van der Waals surface area contributed by atoms with Gasteiger partial charge in [-0.05, 0) is 61.5 Å². The fraction of sp³-hybridized carbons (Fsp3) is 0.0952. The molecule has 0 aliphatic carbocycles. The van der Waals surface area contributed by atoms with Crippen LogP contribution >= 0.6 is 0 Å². The van der Waals surface area contributed by atoms with Crippen LogP contribution < -0.4 is 10.0 Å². The number of halogens is 3. The van der Waals surface area contributed by atoms with Crippen LogP contribution in [0.1, 0.15) is 28.9 Å². The van der Waals surface area contributed by atoms with Gasteiger partial charge in [0.25, 0.3) is 15.9 Å². The monoisotopic (exact) mass is 434 g/mol. The second-order valence-corrected chi connectivity index (χ2v) is 8.18. The smallest absolute Gasteiger partial charge is 0.261 e. The molecule has 0 spiro atoms. The third kappa shape index (κ3) is 4.98. The third-order valence-electron chi connectivity index (χ3n) is 4.30. The van der Waals surface area contributed by atoms with E-state index >= 15 is 0 Å². The summed E-state index contributed by atoms with van der Waals surface area (Å²) < 4.78 is 66.8. The van der Waals surface area contributed by atoms with Crippen LogP contribution in [0.15, 0.2) is 71.6 Å². The number of carbonyl (C=O) groups excluding carboxylic acids is 1. The Morgan fingerprint density at radius 2 is 1.47 bits per heavy atom. The van der Waals surface area contributed by atoms with Crippen LogP contribution in [0.2, 0.25) is 0 Å². The van der Waals surface area contributed by atoms with Gasteiger partial charge in [0.05, 0.1) is 10.9 Å². The van der Waals surface area contributed by atoms with E-state index in [-0.39, 0.29) is 21.7 Å². The van der Waals surface area contributed by atoms with Gasteiger partial charge in [-0.2, -0.15) is 0 Å². The summed E-state index contributed by atoms with van der Waals surface area (Å²) >= 11 is 0. The number of hydrogen-bond acceptors (Lipinski definition) is 3. The SMILES string of the molecule is CC(NC(=O)c1ccc(NS(=O)(=O)c2ccc(F)cc2)cc1)c1ccc(F)cc1F. The van der Waals surface area contributed by atoms with E-state index in [1.54, 1.807) is 6.92 Å².